The van der Waals surface area contributed by atoms with Crippen LogP contribution in [-0.2, 0) is 4.79 Å². The molecular formula is C19H30N2O2. The summed E-state index contributed by atoms with van der Waals surface area (Å²) in [5.41, 5.74) is 3.58. The molecule has 0 aliphatic carbocycles. The Hall–Kier alpha value is -1.55. The van der Waals surface area contributed by atoms with Crippen LogP contribution < -0.4 is 10.1 Å². The summed E-state index contributed by atoms with van der Waals surface area (Å²) in [6.07, 6.45) is 3.02. The highest BCUT2D eigenvalue weighted by Gasteiger charge is 2.22. The van der Waals surface area contributed by atoms with Crippen LogP contribution in [0.25, 0.3) is 0 Å². The monoisotopic (exact) mass is 318 g/mol. The summed E-state index contributed by atoms with van der Waals surface area (Å²) in [5, 5.41) is 3.36. The van der Waals surface area contributed by atoms with E-state index in [-0.39, 0.29) is 11.8 Å². The number of hydrogen-bond donors (Lipinski definition) is 1. The minimum Gasteiger partial charge on any atom is -0.491 e. The minimum absolute atomic E-state index is 0.164. The minimum atomic E-state index is 0.164. The molecule has 2 rings (SSSR count). The van der Waals surface area contributed by atoms with Crippen LogP contribution >= 0.6 is 0 Å². The Morgan fingerprint density at radius 2 is 1.96 bits per heavy atom. The summed E-state index contributed by atoms with van der Waals surface area (Å²) in [7, 11) is 1.89. The van der Waals surface area contributed by atoms with Crippen molar-refractivity contribution < 1.29 is 9.53 Å². The average molecular weight is 318 g/mol. The largest absolute Gasteiger partial charge is 0.491 e. The fourth-order valence-corrected chi connectivity index (χ4v) is 3.12. The molecule has 0 radical (unpaired) electrons. The van der Waals surface area contributed by atoms with E-state index in [1.165, 1.54) is 11.1 Å². The van der Waals surface area contributed by atoms with Gasteiger partial charge in [-0.25, -0.2) is 0 Å². The Kier molecular flexibility index (Phi) is 6.46. The number of aryl methyl sites for hydroxylation is 2. The summed E-state index contributed by atoms with van der Waals surface area (Å²) < 4.78 is 5.98. The maximum Gasteiger partial charge on any atom is 0.225 e. The number of nitrogens with zero attached hydrogens (tertiary/aromatic N) is 1. The Bertz CT molecular complexity index is 534. The number of rotatable bonds is 5. The van der Waals surface area contributed by atoms with E-state index in [0.717, 1.165) is 43.7 Å². The number of carbonyl (C=O) groups excluding carboxylic acids is 1. The lowest BCUT2D eigenvalue weighted by Gasteiger charge is -2.23. The molecule has 1 amide bonds. The van der Waals surface area contributed by atoms with Crippen LogP contribution in [0.4, 0.5) is 0 Å². The smallest absolute Gasteiger partial charge is 0.225 e. The van der Waals surface area contributed by atoms with Gasteiger partial charge in [-0.05, 0) is 69.8 Å². The van der Waals surface area contributed by atoms with Crippen LogP contribution in [0.15, 0.2) is 12.1 Å². The first-order valence-electron chi connectivity index (χ1n) is 8.66. The molecule has 4 heteroatoms. The van der Waals surface area contributed by atoms with E-state index >= 15 is 0 Å². The van der Waals surface area contributed by atoms with Crippen molar-refractivity contribution >= 4 is 5.91 Å². The standard InChI is InChI=1S/C19H30N2O2/c1-14-7-8-15(2)18(16(14)3)23-13-12-21(4)19(22)17-6-5-10-20-11-9-17/h7-8,17,20H,5-6,9-13H2,1-4H3/t17-/m1/s1. The van der Waals surface area contributed by atoms with Crippen molar-refractivity contribution in [2.24, 2.45) is 5.92 Å². The molecule has 1 aromatic carbocycles. The maximum atomic E-state index is 12.5. The molecule has 1 heterocycles. The van der Waals surface area contributed by atoms with Gasteiger partial charge in [-0.1, -0.05) is 12.1 Å². The van der Waals surface area contributed by atoms with Crippen molar-refractivity contribution in [3.8, 4) is 5.75 Å². The van der Waals surface area contributed by atoms with Gasteiger partial charge >= 0.3 is 0 Å². The number of carbonyl (C=O) groups is 1. The van der Waals surface area contributed by atoms with Crippen molar-refractivity contribution in [2.45, 2.75) is 40.0 Å². The van der Waals surface area contributed by atoms with Gasteiger partial charge in [0.2, 0.25) is 5.91 Å². The molecule has 1 aliphatic heterocycles. The van der Waals surface area contributed by atoms with Gasteiger partial charge in [0, 0.05) is 13.0 Å². The van der Waals surface area contributed by atoms with E-state index in [4.69, 9.17) is 4.74 Å². The molecule has 1 N–H and O–H groups in total. The highest BCUT2D eigenvalue weighted by atomic mass is 16.5. The van der Waals surface area contributed by atoms with Gasteiger partial charge in [-0.2, -0.15) is 0 Å². The van der Waals surface area contributed by atoms with Gasteiger partial charge in [0.1, 0.15) is 12.4 Å². The number of benzene rings is 1. The molecule has 0 aromatic heterocycles. The van der Waals surface area contributed by atoms with Crippen molar-refractivity contribution in [1.82, 2.24) is 10.2 Å². The fourth-order valence-electron chi connectivity index (χ4n) is 3.12. The Balaban J connectivity index is 1.86. The lowest BCUT2D eigenvalue weighted by Crippen LogP contribution is -2.36. The first-order chi connectivity index (χ1) is 11.0. The summed E-state index contributed by atoms with van der Waals surface area (Å²) in [4.78, 5) is 14.4. The zero-order valence-electron chi connectivity index (χ0n) is 14.9. The third kappa shape index (κ3) is 4.71. The quantitative estimate of drug-likeness (QED) is 0.908. The Morgan fingerprint density at radius 1 is 1.22 bits per heavy atom. The molecule has 4 nitrogen and oxygen atoms in total. The average Bonchev–Trinajstić information content (AvgIpc) is 2.82. The van der Waals surface area contributed by atoms with Gasteiger partial charge in [-0.3, -0.25) is 4.79 Å². The molecular weight excluding hydrogens is 288 g/mol. The second kappa shape index (κ2) is 8.34. The third-order valence-electron chi connectivity index (χ3n) is 4.85. The van der Waals surface area contributed by atoms with E-state index in [1.54, 1.807) is 0 Å². The number of likely N-dealkylation sites (N-methyl/N-ethyl adjacent to an activating group) is 1. The predicted octanol–water partition coefficient (Wildman–Crippen LogP) is 2.84. The Morgan fingerprint density at radius 3 is 2.74 bits per heavy atom. The van der Waals surface area contributed by atoms with Crippen molar-refractivity contribution in [1.29, 1.82) is 0 Å². The van der Waals surface area contributed by atoms with E-state index in [9.17, 15) is 4.79 Å². The van der Waals surface area contributed by atoms with Gasteiger partial charge in [0.05, 0.1) is 6.54 Å². The summed E-state index contributed by atoms with van der Waals surface area (Å²) >= 11 is 0. The molecule has 1 aromatic rings. The number of hydrogen-bond acceptors (Lipinski definition) is 3. The maximum absolute atomic E-state index is 12.5. The van der Waals surface area contributed by atoms with Crippen LogP contribution in [-0.4, -0.2) is 44.1 Å². The van der Waals surface area contributed by atoms with Crippen LogP contribution in [0.2, 0.25) is 0 Å². The molecule has 1 aliphatic rings. The van der Waals surface area contributed by atoms with Crippen molar-refractivity contribution in [2.75, 3.05) is 33.3 Å². The lowest BCUT2D eigenvalue weighted by atomic mass is 9.99. The SMILES string of the molecule is Cc1ccc(C)c(OCCN(C)C(=O)[C@@H]2CCCNCC2)c1C. The van der Waals surface area contributed by atoms with Gasteiger partial charge in [0.25, 0.3) is 0 Å². The molecule has 1 atom stereocenters. The van der Waals surface area contributed by atoms with E-state index in [0.29, 0.717) is 13.2 Å². The topological polar surface area (TPSA) is 41.6 Å². The molecule has 0 saturated carbocycles. The summed E-state index contributed by atoms with van der Waals surface area (Å²) in [6, 6.07) is 4.21. The van der Waals surface area contributed by atoms with E-state index in [1.807, 2.05) is 11.9 Å². The van der Waals surface area contributed by atoms with Gasteiger partial charge in [-0.15, -0.1) is 0 Å². The van der Waals surface area contributed by atoms with Crippen molar-refractivity contribution in [3.05, 3.63) is 28.8 Å². The van der Waals surface area contributed by atoms with Crippen molar-refractivity contribution in [3.63, 3.8) is 0 Å². The summed E-state index contributed by atoms with van der Waals surface area (Å²) in [6.45, 7) is 9.40. The normalized spacial score (nSPS) is 18.3. The number of ether oxygens (including phenoxy) is 1. The highest BCUT2D eigenvalue weighted by molar-refractivity contribution is 5.78. The molecule has 1 fully saturated rings. The number of nitrogens with one attached hydrogen (secondary N) is 1. The highest BCUT2D eigenvalue weighted by Crippen LogP contribution is 2.25. The van der Waals surface area contributed by atoms with Crippen LogP contribution in [0.3, 0.4) is 0 Å². The molecule has 0 spiro atoms. The van der Waals surface area contributed by atoms with Gasteiger partial charge < -0.3 is 15.0 Å². The summed E-state index contributed by atoms with van der Waals surface area (Å²) in [5.74, 6) is 1.39. The fraction of sp³-hybridized carbons (Fsp3) is 0.632. The van der Waals surface area contributed by atoms with E-state index in [2.05, 4.69) is 38.2 Å². The van der Waals surface area contributed by atoms with Gasteiger partial charge in [0.15, 0.2) is 0 Å². The Labute approximate surface area is 140 Å². The van der Waals surface area contributed by atoms with E-state index < -0.39 is 0 Å². The van der Waals surface area contributed by atoms with Crippen LogP contribution in [0.1, 0.15) is 36.0 Å². The van der Waals surface area contributed by atoms with Crippen LogP contribution in [0, 0.1) is 26.7 Å². The number of amides is 1. The molecule has 23 heavy (non-hydrogen) atoms. The third-order valence-corrected chi connectivity index (χ3v) is 4.85. The first kappa shape index (κ1) is 17.8. The predicted molar refractivity (Wildman–Crippen MR) is 94.0 cm³/mol. The molecule has 1 saturated heterocycles. The second-order valence-electron chi connectivity index (χ2n) is 6.64. The molecule has 0 unspecified atom stereocenters. The second-order valence-corrected chi connectivity index (χ2v) is 6.64. The molecule has 0 bridgehead atoms. The van der Waals surface area contributed by atoms with Crippen LogP contribution in [0.5, 0.6) is 5.75 Å². The zero-order valence-corrected chi connectivity index (χ0v) is 14.9. The zero-order chi connectivity index (χ0) is 16.8. The molecule has 128 valence electrons. The lowest BCUT2D eigenvalue weighted by molar-refractivity contribution is -0.134. The first-order valence-corrected chi connectivity index (χ1v) is 8.66.